The van der Waals surface area contributed by atoms with Crippen LogP contribution >= 0.6 is 27.7 Å². The summed E-state index contributed by atoms with van der Waals surface area (Å²) in [7, 11) is 0. The van der Waals surface area contributed by atoms with E-state index in [9.17, 15) is 4.39 Å². The molecular formula is C16H16BrFS. The van der Waals surface area contributed by atoms with E-state index in [0.29, 0.717) is 11.7 Å². The van der Waals surface area contributed by atoms with Gasteiger partial charge >= 0.3 is 0 Å². The smallest absolute Gasteiger partial charge is 0.128 e. The Hall–Kier alpha value is -0.800. The highest BCUT2D eigenvalue weighted by Gasteiger charge is 2.04. The minimum atomic E-state index is -0.152. The Bertz CT molecular complexity index is 549. The Morgan fingerprint density at radius 2 is 1.79 bits per heavy atom. The van der Waals surface area contributed by atoms with Crippen LogP contribution in [-0.2, 0) is 5.75 Å². The van der Waals surface area contributed by atoms with E-state index < -0.39 is 0 Å². The summed E-state index contributed by atoms with van der Waals surface area (Å²) in [4.78, 5) is 1.17. The first-order valence-electron chi connectivity index (χ1n) is 6.23. The van der Waals surface area contributed by atoms with Gasteiger partial charge in [-0.05, 0) is 41.3 Å². The standard InChI is InChI=1S/C16H16BrFS/c1-11(2)12-4-7-15(8-5-12)19-10-13-3-6-14(17)9-16(13)18/h3-9,11H,10H2,1-2H3. The zero-order valence-electron chi connectivity index (χ0n) is 11.0. The largest absolute Gasteiger partial charge is 0.207 e. The average Bonchev–Trinajstić information content (AvgIpc) is 2.38. The van der Waals surface area contributed by atoms with Crippen LogP contribution < -0.4 is 0 Å². The minimum absolute atomic E-state index is 0.152. The van der Waals surface area contributed by atoms with E-state index in [1.807, 2.05) is 12.1 Å². The van der Waals surface area contributed by atoms with Gasteiger partial charge in [0.15, 0.2) is 0 Å². The van der Waals surface area contributed by atoms with Crippen LogP contribution in [0.5, 0.6) is 0 Å². The maximum absolute atomic E-state index is 13.7. The molecule has 0 unspecified atom stereocenters. The van der Waals surface area contributed by atoms with Crippen LogP contribution in [0.2, 0.25) is 0 Å². The second-order valence-corrected chi connectivity index (χ2v) is 6.71. The van der Waals surface area contributed by atoms with Crippen molar-refractivity contribution in [1.29, 1.82) is 0 Å². The normalized spacial score (nSPS) is 11.0. The molecule has 2 rings (SSSR count). The second-order valence-electron chi connectivity index (χ2n) is 4.75. The Kier molecular flexibility index (Phi) is 5.06. The zero-order chi connectivity index (χ0) is 13.8. The Morgan fingerprint density at radius 1 is 1.11 bits per heavy atom. The highest BCUT2D eigenvalue weighted by atomic mass is 79.9. The average molecular weight is 339 g/mol. The van der Waals surface area contributed by atoms with E-state index in [-0.39, 0.29) is 5.82 Å². The SMILES string of the molecule is CC(C)c1ccc(SCc2ccc(Br)cc2F)cc1. The molecule has 2 aromatic rings. The van der Waals surface area contributed by atoms with Gasteiger partial charge in [0.25, 0.3) is 0 Å². The molecule has 0 amide bonds. The van der Waals surface area contributed by atoms with Gasteiger partial charge in [-0.15, -0.1) is 11.8 Å². The predicted octanol–water partition coefficient (Wildman–Crippen LogP) is 6.00. The predicted molar refractivity (Wildman–Crippen MR) is 84.2 cm³/mol. The van der Waals surface area contributed by atoms with Crippen LogP contribution in [-0.4, -0.2) is 0 Å². The van der Waals surface area contributed by atoms with Crippen molar-refractivity contribution in [1.82, 2.24) is 0 Å². The van der Waals surface area contributed by atoms with Gasteiger partial charge in [-0.2, -0.15) is 0 Å². The molecule has 0 saturated carbocycles. The molecule has 19 heavy (non-hydrogen) atoms. The number of benzene rings is 2. The lowest BCUT2D eigenvalue weighted by atomic mass is 10.0. The molecule has 0 aliphatic carbocycles. The van der Waals surface area contributed by atoms with Crippen molar-refractivity contribution in [3.8, 4) is 0 Å². The van der Waals surface area contributed by atoms with E-state index >= 15 is 0 Å². The monoisotopic (exact) mass is 338 g/mol. The third kappa shape index (κ3) is 4.08. The van der Waals surface area contributed by atoms with Crippen LogP contribution in [0.1, 0.15) is 30.9 Å². The maximum atomic E-state index is 13.7. The summed E-state index contributed by atoms with van der Waals surface area (Å²) in [5.74, 6) is 1.05. The molecule has 0 aliphatic heterocycles. The zero-order valence-corrected chi connectivity index (χ0v) is 13.4. The molecule has 0 bridgehead atoms. The number of rotatable bonds is 4. The maximum Gasteiger partial charge on any atom is 0.128 e. The van der Waals surface area contributed by atoms with Gasteiger partial charge in [-0.1, -0.05) is 48.0 Å². The van der Waals surface area contributed by atoms with Crippen LogP contribution in [0.4, 0.5) is 4.39 Å². The highest BCUT2D eigenvalue weighted by molar-refractivity contribution is 9.10. The molecule has 0 radical (unpaired) electrons. The lowest BCUT2D eigenvalue weighted by Crippen LogP contribution is -1.88. The van der Waals surface area contributed by atoms with Crippen molar-refractivity contribution < 1.29 is 4.39 Å². The summed E-state index contributed by atoms with van der Waals surface area (Å²) in [5, 5.41) is 0. The molecule has 0 fully saturated rings. The Morgan fingerprint density at radius 3 is 2.37 bits per heavy atom. The van der Waals surface area contributed by atoms with Crippen LogP contribution in [0.3, 0.4) is 0 Å². The first-order chi connectivity index (χ1) is 9.06. The van der Waals surface area contributed by atoms with Gasteiger partial charge in [0.05, 0.1) is 0 Å². The van der Waals surface area contributed by atoms with Crippen LogP contribution in [0.25, 0.3) is 0 Å². The van der Waals surface area contributed by atoms with Crippen molar-refractivity contribution >= 4 is 27.7 Å². The van der Waals surface area contributed by atoms with E-state index in [1.54, 1.807) is 11.8 Å². The number of thioether (sulfide) groups is 1. The highest BCUT2D eigenvalue weighted by Crippen LogP contribution is 2.26. The molecule has 100 valence electrons. The Labute approximate surface area is 126 Å². The van der Waals surface area contributed by atoms with Gasteiger partial charge in [-0.3, -0.25) is 0 Å². The van der Waals surface area contributed by atoms with Crippen molar-refractivity contribution in [3.05, 3.63) is 63.9 Å². The molecule has 0 heterocycles. The summed E-state index contributed by atoms with van der Waals surface area (Å²) in [6.45, 7) is 4.36. The lowest BCUT2D eigenvalue weighted by molar-refractivity contribution is 0.616. The topological polar surface area (TPSA) is 0 Å². The molecule has 0 aromatic heterocycles. The lowest BCUT2D eigenvalue weighted by Gasteiger charge is -2.07. The summed E-state index contributed by atoms with van der Waals surface area (Å²) < 4.78 is 14.5. The van der Waals surface area contributed by atoms with E-state index in [0.717, 1.165) is 10.0 Å². The summed E-state index contributed by atoms with van der Waals surface area (Å²) in [5.41, 5.74) is 2.07. The summed E-state index contributed by atoms with van der Waals surface area (Å²) in [6, 6.07) is 13.7. The van der Waals surface area contributed by atoms with Crippen molar-refractivity contribution in [3.63, 3.8) is 0 Å². The molecule has 0 spiro atoms. The third-order valence-corrected chi connectivity index (χ3v) is 4.51. The molecule has 2 aromatic carbocycles. The van der Waals surface area contributed by atoms with Crippen molar-refractivity contribution in [2.45, 2.75) is 30.4 Å². The van der Waals surface area contributed by atoms with E-state index in [1.165, 1.54) is 16.5 Å². The van der Waals surface area contributed by atoms with Gasteiger partial charge < -0.3 is 0 Å². The molecule has 0 atom stereocenters. The molecule has 0 N–H and O–H groups in total. The Balaban J connectivity index is 2.02. The van der Waals surface area contributed by atoms with Crippen LogP contribution in [0.15, 0.2) is 51.8 Å². The van der Waals surface area contributed by atoms with Gasteiger partial charge in [-0.25, -0.2) is 4.39 Å². The molecule has 3 heteroatoms. The fourth-order valence-corrected chi connectivity index (χ4v) is 2.97. The summed E-state index contributed by atoms with van der Waals surface area (Å²) in [6.07, 6.45) is 0. The van der Waals surface area contributed by atoms with Gasteiger partial charge in [0.2, 0.25) is 0 Å². The minimum Gasteiger partial charge on any atom is -0.207 e. The van der Waals surface area contributed by atoms with Gasteiger partial charge in [0, 0.05) is 15.1 Å². The fraction of sp³-hybridized carbons (Fsp3) is 0.250. The molecular weight excluding hydrogens is 323 g/mol. The van der Waals surface area contributed by atoms with E-state index in [2.05, 4.69) is 54.0 Å². The molecule has 0 nitrogen and oxygen atoms in total. The van der Waals surface area contributed by atoms with E-state index in [4.69, 9.17) is 0 Å². The van der Waals surface area contributed by atoms with Crippen molar-refractivity contribution in [2.75, 3.05) is 0 Å². The number of hydrogen-bond acceptors (Lipinski definition) is 1. The van der Waals surface area contributed by atoms with Gasteiger partial charge in [0.1, 0.15) is 5.82 Å². The first-order valence-corrected chi connectivity index (χ1v) is 8.01. The quantitative estimate of drug-likeness (QED) is 0.615. The van der Waals surface area contributed by atoms with Crippen molar-refractivity contribution in [2.24, 2.45) is 0 Å². The fourth-order valence-electron chi connectivity index (χ4n) is 1.75. The molecule has 0 saturated heterocycles. The first kappa shape index (κ1) is 14.6. The second kappa shape index (κ2) is 6.58. The summed E-state index contributed by atoms with van der Waals surface area (Å²) >= 11 is 4.93. The van der Waals surface area contributed by atoms with Crippen LogP contribution in [0, 0.1) is 5.82 Å². The molecule has 0 aliphatic rings. The number of halogens is 2. The third-order valence-electron chi connectivity index (χ3n) is 2.96. The number of hydrogen-bond donors (Lipinski definition) is 0.